The summed E-state index contributed by atoms with van der Waals surface area (Å²) in [5.74, 6) is 0.255. The minimum atomic E-state index is -0.979. The van der Waals surface area contributed by atoms with Crippen LogP contribution >= 0.6 is 0 Å². The van der Waals surface area contributed by atoms with Crippen molar-refractivity contribution in [2.45, 2.75) is 18.9 Å². The molecule has 0 aliphatic rings. The molecule has 0 saturated heterocycles. The van der Waals surface area contributed by atoms with E-state index in [1.54, 1.807) is 12.1 Å². The van der Waals surface area contributed by atoms with Crippen molar-refractivity contribution < 1.29 is 28.5 Å². The van der Waals surface area contributed by atoms with Crippen LogP contribution in [0.5, 0.6) is 11.5 Å². The van der Waals surface area contributed by atoms with Crippen LogP contribution in [-0.4, -0.2) is 37.5 Å². The number of aliphatic carboxylic acids is 1. The van der Waals surface area contributed by atoms with Gasteiger partial charge >= 0.3 is 5.97 Å². The van der Waals surface area contributed by atoms with Crippen LogP contribution in [0, 0.1) is 5.82 Å². The van der Waals surface area contributed by atoms with Gasteiger partial charge in [-0.15, -0.1) is 0 Å². The number of hydrogen-bond acceptors (Lipinski definition) is 4. The molecule has 31 heavy (non-hydrogen) atoms. The lowest BCUT2D eigenvalue weighted by molar-refractivity contribution is -0.148. The first-order valence-electron chi connectivity index (χ1n) is 10.0. The average Bonchev–Trinajstić information content (AvgIpc) is 2.79. The van der Waals surface area contributed by atoms with E-state index in [-0.39, 0.29) is 5.82 Å². The minimum absolute atomic E-state index is 0.250. The van der Waals surface area contributed by atoms with E-state index in [9.17, 15) is 9.18 Å². The molecule has 3 aromatic carbocycles. The van der Waals surface area contributed by atoms with Gasteiger partial charge in [0.1, 0.15) is 17.3 Å². The second kappa shape index (κ2) is 11.1. The first-order valence-corrected chi connectivity index (χ1v) is 10.0. The fraction of sp³-hybridized carbons (Fsp3) is 0.240. The van der Waals surface area contributed by atoms with Crippen LogP contribution in [0.4, 0.5) is 4.39 Å². The van der Waals surface area contributed by atoms with E-state index >= 15 is 0 Å². The van der Waals surface area contributed by atoms with Gasteiger partial charge in [-0.25, -0.2) is 9.18 Å². The molecular weight excluding hydrogens is 399 g/mol. The first kappa shape index (κ1) is 22.3. The maximum absolute atomic E-state index is 13.0. The Hall–Kier alpha value is -3.38. The van der Waals surface area contributed by atoms with Crippen LogP contribution in [-0.2, 0) is 16.0 Å². The Balaban J connectivity index is 1.38. The van der Waals surface area contributed by atoms with Gasteiger partial charge in [0.25, 0.3) is 0 Å². The van der Waals surface area contributed by atoms with Crippen molar-refractivity contribution in [3.05, 3.63) is 84.2 Å². The van der Waals surface area contributed by atoms with E-state index in [1.165, 1.54) is 19.2 Å². The first-order chi connectivity index (χ1) is 15.0. The van der Waals surface area contributed by atoms with E-state index in [4.69, 9.17) is 19.3 Å². The highest BCUT2D eigenvalue weighted by Crippen LogP contribution is 2.23. The van der Waals surface area contributed by atoms with E-state index < -0.39 is 12.1 Å². The molecule has 6 heteroatoms. The van der Waals surface area contributed by atoms with Crippen molar-refractivity contribution in [1.82, 2.24) is 0 Å². The lowest BCUT2D eigenvalue weighted by atomic mass is 10.1. The highest BCUT2D eigenvalue weighted by Gasteiger charge is 2.16. The number of ether oxygens (including phenoxy) is 3. The number of halogens is 1. The lowest BCUT2D eigenvalue weighted by Gasteiger charge is -2.11. The molecule has 0 amide bonds. The molecule has 5 nitrogen and oxygen atoms in total. The van der Waals surface area contributed by atoms with Crippen LogP contribution in [0.15, 0.2) is 72.8 Å². The summed E-state index contributed by atoms with van der Waals surface area (Å²) in [5.41, 5.74) is 2.82. The smallest absolute Gasteiger partial charge is 0.333 e. The monoisotopic (exact) mass is 424 g/mol. The minimum Gasteiger partial charge on any atom is -0.493 e. The van der Waals surface area contributed by atoms with Crippen molar-refractivity contribution in [1.29, 1.82) is 0 Å². The zero-order valence-electron chi connectivity index (χ0n) is 17.3. The Morgan fingerprint density at radius 2 is 1.32 bits per heavy atom. The maximum atomic E-state index is 13.0. The summed E-state index contributed by atoms with van der Waals surface area (Å²) in [5, 5.41) is 9.04. The number of carbonyl (C=O) groups is 1. The number of hydrogen-bond donors (Lipinski definition) is 1. The van der Waals surface area contributed by atoms with E-state index in [0.29, 0.717) is 26.1 Å². The molecule has 1 N–H and O–H groups in total. The highest BCUT2D eigenvalue weighted by molar-refractivity contribution is 5.72. The number of benzene rings is 3. The predicted molar refractivity (Wildman–Crippen MR) is 116 cm³/mol. The van der Waals surface area contributed by atoms with Crippen LogP contribution in [0.1, 0.15) is 12.0 Å². The van der Waals surface area contributed by atoms with E-state index in [0.717, 1.165) is 28.2 Å². The molecule has 0 saturated carbocycles. The lowest BCUT2D eigenvalue weighted by Crippen LogP contribution is -2.24. The SMILES string of the molecule is CO[C@@H](Cc1ccc(OCCCOc2ccc(-c3ccc(F)cc3)cc2)cc1)C(=O)O. The van der Waals surface area contributed by atoms with Crippen molar-refractivity contribution >= 4 is 5.97 Å². The second-order valence-electron chi connectivity index (χ2n) is 6.99. The number of carboxylic acids is 1. The zero-order chi connectivity index (χ0) is 22.1. The van der Waals surface area contributed by atoms with Crippen molar-refractivity contribution in [3.63, 3.8) is 0 Å². The largest absolute Gasteiger partial charge is 0.493 e. The van der Waals surface area contributed by atoms with Crippen molar-refractivity contribution in [2.24, 2.45) is 0 Å². The molecule has 0 radical (unpaired) electrons. The second-order valence-corrected chi connectivity index (χ2v) is 6.99. The molecule has 0 bridgehead atoms. The molecule has 3 aromatic rings. The van der Waals surface area contributed by atoms with Gasteiger partial charge in [-0.05, 0) is 53.1 Å². The van der Waals surface area contributed by atoms with Gasteiger partial charge in [0.05, 0.1) is 13.2 Å². The van der Waals surface area contributed by atoms with Crippen LogP contribution in [0.25, 0.3) is 11.1 Å². The quantitative estimate of drug-likeness (QED) is 0.440. The maximum Gasteiger partial charge on any atom is 0.333 e. The zero-order valence-corrected chi connectivity index (χ0v) is 17.3. The van der Waals surface area contributed by atoms with Gasteiger partial charge in [0.2, 0.25) is 0 Å². The van der Waals surface area contributed by atoms with Gasteiger partial charge < -0.3 is 19.3 Å². The Labute approximate surface area is 181 Å². The summed E-state index contributed by atoms with van der Waals surface area (Å²) >= 11 is 0. The van der Waals surface area contributed by atoms with Crippen LogP contribution < -0.4 is 9.47 Å². The Bertz CT molecular complexity index is 953. The predicted octanol–water partition coefficient (Wildman–Crippen LogP) is 4.98. The normalized spacial score (nSPS) is 11.7. The van der Waals surface area contributed by atoms with Gasteiger partial charge in [-0.3, -0.25) is 0 Å². The standard InChI is InChI=1S/C25H25FO5/c1-29-24(25(27)28)17-18-3-11-22(12-4-18)30-15-2-16-31-23-13-7-20(8-14-23)19-5-9-21(26)10-6-19/h3-14,24H,2,15-17H2,1H3,(H,27,28)/t24-/m0/s1. The molecule has 0 unspecified atom stereocenters. The van der Waals surface area contributed by atoms with E-state index in [2.05, 4.69) is 0 Å². The number of carboxylic acid groups (broad SMARTS) is 1. The molecule has 162 valence electrons. The number of methoxy groups -OCH3 is 1. The van der Waals surface area contributed by atoms with Crippen molar-refractivity contribution in [2.75, 3.05) is 20.3 Å². The van der Waals surface area contributed by atoms with Gasteiger partial charge in [0, 0.05) is 20.0 Å². The fourth-order valence-electron chi connectivity index (χ4n) is 3.03. The average molecular weight is 424 g/mol. The molecule has 0 aromatic heterocycles. The van der Waals surface area contributed by atoms with Crippen LogP contribution in [0.2, 0.25) is 0 Å². The molecule has 0 heterocycles. The third kappa shape index (κ3) is 6.83. The molecule has 0 aliphatic heterocycles. The Kier molecular flexibility index (Phi) is 8.01. The third-order valence-corrected chi connectivity index (χ3v) is 4.76. The van der Waals surface area contributed by atoms with Gasteiger partial charge in [-0.2, -0.15) is 0 Å². The van der Waals surface area contributed by atoms with Crippen LogP contribution in [0.3, 0.4) is 0 Å². The molecule has 0 spiro atoms. The summed E-state index contributed by atoms with van der Waals surface area (Å²) in [4.78, 5) is 11.0. The van der Waals surface area contributed by atoms with Gasteiger partial charge in [0.15, 0.2) is 6.10 Å². The number of rotatable bonds is 11. The summed E-state index contributed by atoms with van der Waals surface area (Å²) in [6, 6.07) is 21.4. The molecule has 1 atom stereocenters. The van der Waals surface area contributed by atoms with Crippen molar-refractivity contribution in [3.8, 4) is 22.6 Å². The molecule has 3 rings (SSSR count). The molecule has 0 fully saturated rings. The highest BCUT2D eigenvalue weighted by atomic mass is 19.1. The van der Waals surface area contributed by atoms with E-state index in [1.807, 2.05) is 48.5 Å². The molecule has 0 aliphatic carbocycles. The summed E-state index contributed by atoms with van der Waals surface area (Å²) < 4.78 is 29.4. The topological polar surface area (TPSA) is 65.0 Å². The summed E-state index contributed by atoms with van der Waals surface area (Å²) in [7, 11) is 1.39. The van der Waals surface area contributed by atoms with Gasteiger partial charge in [-0.1, -0.05) is 36.4 Å². The Morgan fingerprint density at radius 1 is 0.839 bits per heavy atom. The third-order valence-electron chi connectivity index (χ3n) is 4.76. The fourth-order valence-corrected chi connectivity index (χ4v) is 3.03. The Morgan fingerprint density at radius 3 is 1.81 bits per heavy atom. The summed E-state index contributed by atoms with van der Waals surface area (Å²) in [6.45, 7) is 1.02. The molecular formula is C25H25FO5. The summed E-state index contributed by atoms with van der Waals surface area (Å²) in [6.07, 6.45) is 0.167.